The molecule has 0 aromatic carbocycles. The Hall–Kier alpha value is -0.560. The maximum absolute atomic E-state index is 11.3. The summed E-state index contributed by atoms with van der Waals surface area (Å²) in [6, 6.07) is -0.217. The fourth-order valence-electron chi connectivity index (χ4n) is 0.890. The van der Waals surface area contributed by atoms with Crippen LogP contribution in [-0.2, 0) is 4.74 Å². The smallest absolute Gasteiger partial charge is 0.360 e. The highest BCUT2D eigenvalue weighted by Gasteiger charge is 2.18. The standard InChI is InChI=1S/C8H13N3O2S.2ClH/c1-3-13-8(12)5-6(10)14-7(11-5)4(2)9;;/h4H,3,9-10H2,1-2H3;2*1H. The van der Waals surface area contributed by atoms with E-state index in [9.17, 15) is 4.79 Å². The first-order chi connectivity index (χ1) is 6.56. The average molecular weight is 288 g/mol. The molecule has 1 rings (SSSR count). The zero-order chi connectivity index (χ0) is 10.7. The van der Waals surface area contributed by atoms with Gasteiger partial charge in [-0.15, -0.1) is 24.8 Å². The lowest BCUT2D eigenvalue weighted by atomic mass is 10.4. The third-order valence-electron chi connectivity index (χ3n) is 1.53. The van der Waals surface area contributed by atoms with Crippen LogP contribution in [0.25, 0.3) is 0 Å². The quantitative estimate of drug-likeness (QED) is 0.827. The molecule has 1 unspecified atom stereocenters. The third kappa shape index (κ3) is 4.13. The van der Waals surface area contributed by atoms with Gasteiger partial charge in [-0.3, -0.25) is 0 Å². The molecular formula is C8H15Cl2N3O2S. The summed E-state index contributed by atoms with van der Waals surface area (Å²) in [4.78, 5) is 15.3. The van der Waals surface area contributed by atoms with Gasteiger partial charge in [0.25, 0.3) is 0 Å². The second kappa shape index (κ2) is 7.67. The second-order valence-electron chi connectivity index (χ2n) is 2.77. The van der Waals surface area contributed by atoms with Crippen molar-refractivity contribution in [1.82, 2.24) is 4.98 Å². The third-order valence-corrected chi connectivity index (χ3v) is 2.61. The molecule has 4 N–H and O–H groups in total. The fraction of sp³-hybridized carbons (Fsp3) is 0.500. The van der Waals surface area contributed by atoms with E-state index in [4.69, 9.17) is 16.2 Å². The van der Waals surface area contributed by atoms with Crippen LogP contribution >= 0.6 is 36.2 Å². The number of carbonyl (C=O) groups is 1. The van der Waals surface area contributed by atoms with Crippen molar-refractivity contribution < 1.29 is 9.53 Å². The van der Waals surface area contributed by atoms with Crippen LogP contribution < -0.4 is 11.5 Å². The van der Waals surface area contributed by atoms with Gasteiger partial charge < -0.3 is 16.2 Å². The van der Waals surface area contributed by atoms with Crippen LogP contribution in [-0.4, -0.2) is 17.6 Å². The van der Waals surface area contributed by atoms with Gasteiger partial charge in [0, 0.05) is 0 Å². The van der Waals surface area contributed by atoms with Gasteiger partial charge in [-0.2, -0.15) is 0 Å². The summed E-state index contributed by atoms with van der Waals surface area (Å²) in [6.45, 7) is 3.82. The number of esters is 1. The van der Waals surface area contributed by atoms with Gasteiger partial charge in [0.05, 0.1) is 12.6 Å². The maximum atomic E-state index is 11.3. The van der Waals surface area contributed by atoms with Gasteiger partial charge in [-0.25, -0.2) is 9.78 Å². The molecule has 1 aromatic rings. The number of anilines is 1. The van der Waals surface area contributed by atoms with Gasteiger partial charge in [-0.05, 0) is 13.8 Å². The first-order valence-corrected chi connectivity index (χ1v) is 5.06. The molecule has 0 fully saturated rings. The molecule has 1 aromatic heterocycles. The molecular weight excluding hydrogens is 273 g/mol. The minimum atomic E-state index is -0.492. The predicted octanol–water partition coefficient (Wildman–Crippen LogP) is 1.77. The highest BCUT2D eigenvalue weighted by Crippen LogP contribution is 2.25. The SMILES string of the molecule is CCOC(=O)c1nc(C(C)N)sc1N.Cl.Cl. The molecule has 8 heteroatoms. The number of nitrogens with two attached hydrogens (primary N) is 2. The van der Waals surface area contributed by atoms with Crippen LogP contribution in [0.1, 0.15) is 35.4 Å². The van der Waals surface area contributed by atoms with E-state index in [1.165, 1.54) is 11.3 Å². The summed E-state index contributed by atoms with van der Waals surface area (Å²) in [7, 11) is 0. The number of hydrogen-bond acceptors (Lipinski definition) is 6. The Bertz CT molecular complexity index is 344. The Morgan fingerprint density at radius 3 is 2.50 bits per heavy atom. The lowest BCUT2D eigenvalue weighted by Crippen LogP contribution is -2.09. The minimum absolute atomic E-state index is 0. The van der Waals surface area contributed by atoms with Crippen LogP contribution in [0.2, 0.25) is 0 Å². The van der Waals surface area contributed by atoms with E-state index < -0.39 is 5.97 Å². The van der Waals surface area contributed by atoms with Crippen LogP contribution in [0, 0.1) is 0 Å². The fourth-order valence-corrected chi connectivity index (χ4v) is 1.66. The van der Waals surface area contributed by atoms with E-state index in [1.54, 1.807) is 13.8 Å². The number of halogens is 2. The lowest BCUT2D eigenvalue weighted by Gasteiger charge is -1.98. The number of aromatic nitrogens is 1. The molecule has 0 radical (unpaired) electrons. The number of carbonyl (C=O) groups excluding carboxylic acids is 1. The Labute approximate surface area is 110 Å². The van der Waals surface area contributed by atoms with Crippen molar-refractivity contribution in [3.8, 4) is 0 Å². The van der Waals surface area contributed by atoms with Crippen molar-refractivity contribution in [1.29, 1.82) is 0 Å². The van der Waals surface area contributed by atoms with Crippen molar-refractivity contribution in [2.75, 3.05) is 12.3 Å². The molecule has 94 valence electrons. The summed E-state index contributed by atoms with van der Waals surface area (Å²) in [5.74, 6) is -0.492. The van der Waals surface area contributed by atoms with Crippen molar-refractivity contribution in [3.05, 3.63) is 10.7 Å². The monoisotopic (exact) mass is 287 g/mol. The maximum Gasteiger partial charge on any atom is 0.360 e. The van der Waals surface area contributed by atoms with Gasteiger partial charge in [0.1, 0.15) is 10.0 Å². The largest absolute Gasteiger partial charge is 0.461 e. The molecule has 16 heavy (non-hydrogen) atoms. The second-order valence-corrected chi connectivity index (χ2v) is 3.84. The van der Waals surface area contributed by atoms with Crippen LogP contribution in [0.4, 0.5) is 5.00 Å². The molecule has 0 aliphatic rings. The van der Waals surface area contributed by atoms with E-state index in [-0.39, 0.29) is 36.5 Å². The van der Waals surface area contributed by atoms with Crippen molar-refractivity contribution in [2.45, 2.75) is 19.9 Å². The van der Waals surface area contributed by atoms with Gasteiger partial charge in [-0.1, -0.05) is 11.3 Å². The molecule has 0 bridgehead atoms. The molecule has 0 saturated carbocycles. The number of thiazole rings is 1. The Balaban J connectivity index is 0. The average Bonchev–Trinajstić information content (AvgIpc) is 2.48. The summed E-state index contributed by atoms with van der Waals surface area (Å²) in [5.41, 5.74) is 11.4. The number of nitrogens with zero attached hydrogens (tertiary/aromatic N) is 1. The van der Waals surface area contributed by atoms with Crippen LogP contribution in [0.5, 0.6) is 0 Å². The molecule has 1 heterocycles. The Kier molecular flexibility index (Phi) is 8.54. The van der Waals surface area contributed by atoms with Crippen LogP contribution in [0.3, 0.4) is 0 Å². The lowest BCUT2D eigenvalue weighted by molar-refractivity contribution is 0.0521. The predicted molar refractivity (Wildman–Crippen MR) is 69.6 cm³/mol. The molecule has 5 nitrogen and oxygen atoms in total. The molecule has 0 amide bonds. The first kappa shape index (κ1) is 17.8. The highest BCUT2D eigenvalue weighted by atomic mass is 35.5. The molecule has 0 spiro atoms. The van der Waals surface area contributed by atoms with Gasteiger partial charge in [0.2, 0.25) is 0 Å². The number of rotatable bonds is 3. The van der Waals surface area contributed by atoms with E-state index in [1.807, 2.05) is 0 Å². The summed E-state index contributed by atoms with van der Waals surface area (Å²) < 4.78 is 4.79. The van der Waals surface area contributed by atoms with E-state index in [0.717, 1.165) is 0 Å². The molecule has 0 aliphatic carbocycles. The van der Waals surface area contributed by atoms with E-state index >= 15 is 0 Å². The van der Waals surface area contributed by atoms with Crippen molar-refractivity contribution in [2.24, 2.45) is 5.73 Å². The summed E-state index contributed by atoms with van der Waals surface area (Å²) >= 11 is 1.22. The summed E-state index contributed by atoms with van der Waals surface area (Å²) in [5, 5.41) is 1.00. The Morgan fingerprint density at radius 2 is 2.12 bits per heavy atom. The van der Waals surface area contributed by atoms with Crippen LogP contribution in [0.15, 0.2) is 0 Å². The highest BCUT2D eigenvalue weighted by molar-refractivity contribution is 7.16. The van der Waals surface area contributed by atoms with Gasteiger partial charge in [0.15, 0.2) is 5.69 Å². The van der Waals surface area contributed by atoms with Crippen molar-refractivity contribution >= 4 is 47.1 Å². The van der Waals surface area contributed by atoms with E-state index in [0.29, 0.717) is 16.6 Å². The molecule has 0 saturated heterocycles. The minimum Gasteiger partial charge on any atom is -0.461 e. The first-order valence-electron chi connectivity index (χ1n) is 4.25. The van der Waals surface area contributed by atoms with Crippen molar-refractivity contribution in [3.63, 3.8) is 0 Å². The number of hydrogen-bond donors (Lipinski definition) is 2. The topological polar surface area (TPSA) is 91.2 Å². The number of nitrogen functional groups attached to an aromatic ring is 1. The summed E-state index contributed by atoms with van der Waals surface area (Å²) in [6.07, 6.45) is 0. The van der Waals surface area contributed by atoms with Gasteiger partial charge >= 0.3 is 5.97 Å². The number of ether oxygens (including phenoxy) is 1. The molecule has 1 atom stereocenters. The Morgan fingerprint density at radius 1 is 1.56 bits per heavy atom. The molecule has 0 aliphatic heterocycles. The zero-order valence-electron chi connectivity index (χ0n) is 8.93. The normalized spacial score (nSPS) is 10.9. The zero-order valence-corrected chi connectivity index (χ0v) is 11.4. The van der Waals surface area contributed by atoms with E-state index in [2.05, 4.69) is 4.98 Å².